The molecular weight excluding hydrogens is 314 g/mol. The molecule has 0 spiro atoms. The van der Waals surface area contributed by atoms with E-state index in [1.54, 1.807) is 11.8 Å². The molecule has 138 valence electrons. The van der Waals surface area contributed by atoms with Gasteiger partial charge < -0.3 is 9.80 Å². The molecule has 1 aliphatic rings. The summed E-state index contributed by atoms with van der Waals surface area (Å²) in [7, 11) is 0. The van der Waals surface area contributed by atoms with E-state index in [2.05, 4.69) is 43.0 Å². The van der Waals surface area contributed by atoms with Gasteiger partial charge in [-0.3, -0.25) is 14.5 Å². The maximum Gasteiger partial charge on any atom is 0.224 e. The number of carbonyl (C=O) groups is 2. The van der Waals surface area contributed by atoms with Crippen LogP contribution < -0.4 is 0 Å². The second kappa shape index (κ2) is 9.56. The molecule has 0 saturated carbocycles. The highest BCUT2D eigenvalue weighted by atomic mass is 16.2. The van der Waals surface area contributed by atoms with Gasteiger partial charge in [-0.05, 0) is 11.5 Å². The molecule has 1 aromatic rings. The summed E-state index contributed by atoms with van der Waals surface area (Å²) in [5.41, 5.74) is 1.31. The Morgan fingerprint density at radius 3 is 2.28 bits per heavy atom. The third-order valence-electron chi connectivity index (χ3n) is 4.60. The summed E-state index contributed by atoms with van der Waals surface area (Å²) < 4.78 is 0. The number of hydrogen-bond acceptors (Lipinski definition) is 3. The quantitative estimate of drug-likeness (QED) is 0.761. The van der Waals surface area contributed by atoms with Crippen LogP contribution in [0.3, 0.4) is 0 Å². The lowest BCUT2D eigenvalue weighted by molar-refractivity contribution is -0.135. The van der Waals surface area contributed by atoms with Crippen LogP contribution in [0.1, 0.15) is 32.8 Å². The lowest BCUT2D eigenvalue weighted by Crippen LogP contribution is -2.49. The van der Waals surface area contributed by atoms with E-state index in [0.717, 1.165) is 32.7 Å². The van der Waals surface area contributed by atoms with E-state index in [4.69, 9.17) is 0 Å². The van der Waals surface area contributed by atoms with Crippen molar-refractivity contribution in [3.63, 3.8) is 0 Å². The fourth-order valence-electron chi connectivity index (χ4n) is 3.20. The van der Waals surface area contributed by atoms with E-state index < -0.39 is 0 Å². The number of amides is 2. The van der Waals surface area contributed by atoms with Gasteiger partial charge in [0.05, 0.1) is 0 Å². The van der Waals surface area contributed by atoms with E-state index in [1.165, 1.54) is 5.56 Å². The molecule has 0 aromatic heterocycles. The number of carbonyl (C=O) groups excluding carboxylic acids is 2. The Kier molecular flexibility index (Phi) is 7.44. The van der Waals surface area contributed by atoms with Gasteiger partial charge in [-0.2, -0.15) is 0 Å². The zero-order valence-electron chi connectivity index (χ0n) is 15.8. The fraction of sp³-hybridized carbons (Fsp3) is 0.600. The van der Waals surface area contributed by atoms with Crippen molar-refractivity contribution in [3.8, 4) is 0 Å². The first-order valence-electron chi connectivity index (χ1n) is 9.25. The van der Waals surface area contributed by atoms with Crippen LogP contribution in [0, 0.1) is 5.92 Å². The number of rotatable bonds is 7. The number of benzene rings is 1. The zero-order chi connectivity index (χ0) is 18.2. The first-order valence-corrected chi connectivity index (χ1v) is 9.25. The average Bonchev–Trinajstić information content (AvgIpc) is 2.59. The molecule has 0 atom stereocenters. The Labute approximate surface area is 151 Å². The molecule has 5 nitrogen and oxygen atoms in total. The maximum atomic E-state index is 12.4. The van der Waals surface area contributed by atoms with Gasteiger partial charge in [0.25, 0.3) is 0 Å². The number of nitrogens with zero attached hydrogens (tertiary/aromatic N) is 3. The van der Waals surface area contributed by atoms with E-state index >= 15 is 0 Å². The van der Waals surface area contributed by atoms with Crippen molar-refractivity contribution in [1.82, 2.24) is 14.7 Å². The van der Waals surface area contributed by atoms with Crippen LogP contribution in [0.25, 0.3) is 0 Å². The Hall–Kier alpha value is -1.88. The van der Waals surface area contributed by atoms with Crippen molar-refractivity contribution in [2.24, 2.45) is 5.92 Å². The fourth-order valence-corrected chi connectivity index (χ4v) is 3.20. The van der Waals surface area contributed by atoms with E-state index in [-0.39, 0.29) is 11.8 Å². The Morgan fingerprint density at radius 1 is 1.08 bits per heavy atom. The highest BCUT2D eigenvalue weighted by Crippen LogP contribution is 2.10. The second-order valence-corrected chi connectivity index (χ2v) is 7.25. The summed E-state index contributed by atoms with van der Waals surface area (Å²) in [6.45, 7) is 11.3. The van der Waals surface area contributed by atoms with Crippen LogP contribution >= 0.6 is 0 Å². The predicted octanol–water partition coefficient (Wildman–Crippen LogP) is 2.23. The van der Waals surface area contributed by atoms with E-state index in [0.29, 0.717) is 25.4 Å². The first-order chi connectivity index (χ1) is 12.0. The van der Waals surface area contributed by atoms with Gasteiger partial charge >= 0.3 is 0 Å². The molecule has 1 saturated heterocycles. The molecule has 1 fully saturated rings. The largest absolute Gasteiger partial charge is 0.342 e. The minimum Gasteiger partial charge on any atom is -0.342 e. The van der Waals surface area contributed by atoms with Crippen LogP contribution in [0.2, 0.25) is 0 Å². The lowest BCUT2D eigenvalue weighted by atomic mass is 10.2. The zero-order valence-corrected chi connectivity index (χ0v) is 15.8. The van der Waals surface area contributed by atoms with E-state index in [1.807, 2.05) is 11.0 Å². The summed E-state index contributed by atoms with van der Waals surface area (Å²) in [5.74, 6) is 0.629. The van der Waals surface area contributed by atoms with Crippen molar-refractivity contribution in [2.75, 3.05) is 39.3 Å². The van der Waals surface area contributed by atoms with Crippen molar-refractivity contribution in [3.05, 3.63) is 35.9 Å². The Morgan fingerprint density at radius 2 is 1.72 bits per heavy atom. The molecule has 2 amide bonds. The van der Waals surface area contributed by atoms with Crippen LogP contribution in [0.5, 0.6) is 0 Å². The average molecular weight is 345 g/mol. The van der Waals surface area contributed by atoms with Crippen molar-refractivity contribution >= 4 is 11.8 Å². The molecule has 0 N–H and O–H groups in total. The number of hydrogen-bond donors (Lipinski definition) is 0. The molecule has 1 aromatic carbocycles. The third-order valence-corrected chi connectivity index (χ3v) is 4.60. The first kappa shape index (κ1) is 19.4. The standard InChI is InChI=1S/C20H31N3O2/c1-17(2)15-23(18(3)24)10-9-20(25)22-13-11-21(12-14-22)16-19-7-5-4-6-8-19/h4-8,17H,9-16H2,1-3H3. The summed E-state index contributed by atoms with van der Waals surface area (Å²) in [5, 5.41) is 0. The highest BCUT2D eigenvalue weighted by Gasteiger charge is 2.22. The van der Waals surface area contributed by atoms with Crippen LogP contribution in [0.15, 0.2) is 30.3 Å². The van der Waals surface area contributed by atoms with Crippen molar-refractivity contribution in [2.45, 2.75) is 33.7 Å². The van der Waals surface area contributed by atoms with Gasteiger partial charge in [0, 0.05) is 59.2 Å². The third kappa shape index (κ3) is 6.50. The van der Waals surface area contributed by atoms with Gasteiger partial charge in [-0.15, -0.1) is 0 Å². The van der Waals surface area contributed by atoms with Crippen LogP contribution in [-0.2, 0) is 16.1 Å². The monoisotopic (exact) mass is 345 g/mol. The normalized spacial score (nSPS) is 15.4. The molecule has 5 heteroatoms. The Bertz CT molecular complexity index is 551. The topological polar surface area (TPSA) is 43.9 Å². The molecule has 0 aliphatic carbocycles. The van der Waals surface area contributed by atoms with Gasteiger partial charge in [-0.1, -0.05) is 44.2 Å². The molecular formula is C20H31N3O2. The van der Waals surface area contributed by atoms with E-state index in [9.17, 15) is 9.59 Å². The van der Waals surface area contributed by atoms with Crippen LogP contribution in [0.4, 0.5) is 0 Å². The number of piperazine rings is 1. The smallest absolute Gasteiger partial charge is 0.224 e. The van der Waals surface area contributed by atoms with Gasteiger partial charge in [0.1, 0.15) is 0 Å². The molecule has 0 bridgehead atoms. The van der Waals surface area contributed by atoms with Gasteiger partial charge in [0.2, 0.25) is 11.8 Å². The summed E-state index contributed by atoms with van der Waals surface area (Å²) in [6, 6.07) is 10.4. The summed E-state index contributed by atoms with van der Waals surface area (Å²) in [4.78, 5) is 30.2. The molecule has 2 rings (SSSR count). The molecule has 1 aliphatic heterocycles. The van der Waals surface area contributed by atoms with Crippen LogP contribution in [-0.4, -0.2) is 65.8 Å². The summed E-state index contributed by atoms with van der Waals surface area (Å²) in [6.07, 6.45) is 0.422. The lowest BCUT2D eigenvalue weighted by Gasteiger charge is -2.35. The molecule has 1 heterocycles. The predicted molar refractivity (Wildman–Crippen MR) is 100 cm³/mol. The molecule has 0 unspecified atom stereocenters. The minimum atomic E-state index is 0.0502. The van der Waals surface area contributed by atoms with Crippen molar-refractivity contribution < 1.29 is 9.59 Å². The second-order valence-electron chi connectivity index (χ2n) is 7.25. The molecule has 0 radical (unpaired) electrons. The Balaban J connectivity index is 1.74. The molecule has 25 heavy (non-hydrogen) atoms. The maximum absolute atomic E-state index is 12.4. The van der Waals surface area contributed by atoms with Gasteiger partial charge in [0.15, 0.2) is 0 Å². The summed E-state index contributed by atoms with van der Waals surface area (Å²) >= 11 is 0. The minimum absolute atomic E-state index is 0.0502. The van der Waals surface area contributed by atoms with Gasteiger partial charge in [-0.25, -0.2) is 0 Å². The van der Waals surface area contributed by atoms with Crippen molar-refractivity contribution in [1.29, 1.82) is 0 Å². The SMILES string of the molecule is CC(=O)N(CCC(=O)N1CCN(Cc2ccccc2)CC1)CC(C)C. The highest BCUT2D eigenvalue weighted by molar-refractivity contribution is 5.78.